The standard InChI is InChI=1S/C14H20ClN3O/c1-3-14(2,6-7-19)16-8-12-10-18-9-11(15)4-5-13(18)17-12/h4-5,9-10,16,19H,3,6-8H2,1-2H3. The molecule has 0 aliphatic rings. The van der Waals surface area contributed by atoms with Crippen LogP contribution < -0.4 is 5.32 Å². The van der Waals surface area contributed by atoms with Gasteiger partial charge in [0, 0.05) is 31.1 Å². The molecule has 104 valence electrons. The highest BCUT2D eigenvalue weighted by Gasteiger charge is 2.20. The normalized spacial score (nSPS) is 14.7. The molecule has 0 radical (unpaired) electrons. The van der Waals surface area contributed by atoms with Crippen LogP contribution in [0, 0.1) is 0 Å². The van der Waals surface area contributed by atoms with E-state index in [0.717, 1.165) is 24.2 Å². The second-order valence-electron chi connectivity index (χ2n) is 5.09. The molecule has 0 saturated heterocycles. The number of imidazole rings is 1. The Kier molecular flexibility index (Phi) is 4.45. The fourth-order valence-corrected chi connectivity index (χ4v) is 2.21. The Morgan fingerprint density at radius 2 is 2.21 bits per heavy atom. The average molecular weight is 282 g/mol. The molecular formula is C14H20ClN3O. The fraction of sp³-hybridized carbons (Fsp3) is 0.500. The Bertz CT molecular complexity index is 555. The SMILES string of the molecule is CCC(C)(CCO)NCc1cn2cc(Cl)ccc2n1. The number of nitrogens with one attached hydrogen (secondary N) is 1. The summed E-state index contributed by atoms with van der Waals surface area (Å²) in [5.41, 5.74) is 1.81. The van der Waals surface area contributed by atoms with Crippen LogP contribution in [0.15, 0.2) is 24.5 Å². The van der Waals surface area contributed by atoms with Crippen molar-refractivity contribution >= 4 is 17.2 Å². The molecule has 0 aliphatic carbocycles. The van der Waals surface area contributed by atoms with Gasteiger partial charge in [0.05, 0.1) is 10.7 Å². The van der Waals surface area contributed by atoms with Crippen LogP contribution in [0.3, 0.4) is 0 Å². The zero-order chi connectivity index (χ0) is 13.9. The van der Waals surface area contributed by atoms with E-state index in [2.05, 4.69) is 24.1 Å². The predicted octanol–water partition coefficient (Wildman–Crippen LogP) is 2.63. The second kappa shape index (κ2) is 5.90. The third kappa shape index (κ3) is 3.47. The minimum Gasteiger partial charge on any atom is -0.396 e. The van der Waals surface area contributed by atoms with Crippen molar-refractivity contribution in [2.75, 3.05) is 6.61 Å². The zero-order valence-electron chi connectivity index (χ0n) is 11.4. The number of fused-ring (bicyclic) bond motifs is 1. The molecule has 0 aromatic carbocycles. The van der Waals surface area contributed by atoms with E-state index >= 15 is 0 Å². The van der Waals surface area contributed by atoms with Crippen molar-refractivity contribution in [2.45, 2.75) is 38.8 Å². The number of hydrogen-bond acceptors (Lipinski definition) is 3. The summed E-state index contributed by atoms with van der Waals surface area (Å²) in [6.07, 6.45) is 5.53. The van der Waals surface area contributed by atoms with E-state index in [-0.39, 0.29) is 12.1 Å². The van der Waals surface area contributed by atoms with E-state index in [1.165, 1.54) is 0 Å². The molecule has 2 rings (SSSR count). The first-order valence-corrected chi connectivity index (χ1v) is 6.93. The summed E-state index contributed by atoms with van der Waals surface area (Å²) >= 11 is 5.95. The molecule has 0 saturated carbocycles. The molecule has 5 heteroatoms. The smallest absolute Gasteiger partial charge is 0.137 e. The van der Waals surface area contributed by atoms with Crippen molar-refractivity contribution < 1.29 is 5.11 Å². The van der Waals surface area contributed by atoms with Crippen molar-refractivity contribution in [2.24, 2.45) is 0 Å². The van der Waals surface area contributed by atoms with Gasteiger partial charge in [0.2, 0.25) is 0 Å². The summed E-state index contributed by atoms with van der Waals surface area (Å²) in [4.78, 5) is 4.53. The Morgan fingerprint density at radius 1 is 1.42 bits per heavy atom. The molecule has 2 N–H and O–H groups in total. The highest BCUT2D eigenvalue weighted by molar-refractivity contribution is 6.30. The molecule has 0 bridgehead atoms. The molecule has 4 nitrogen and oxygen atoms in total. The lowest BCUT2D eigenvalue weighted by molar-refractivity contribution is 0.214. The maximum Gasteiger partial charge on any atom is 0.137 e. The van der Waals surface area contributed by atoms with Crippen molar-refractivity contribution in [1.82, 2.24) is 14.7 Å². The van der Waals surface area contributed by atoms with E-state index < -0.39 is 0 Å². The Hall–Kier alpha value is -1.10. The van der Waals surface area contributed by atoms with Crippen LogP contribution >= 0.6 is 11.6 Å². The highest BCUT2D eigenvalue weighted by atomic mass is 35.5. The van der Waals surface area contributed by atoms with Crippen LogP contribution in [-0.4, -0.2) is 26.6 Å². The van der Waals surface area contributed by atoms with Gasteiger partial charge in [0.25, 0.3) is 0 Å². The average Bonchev–Trinajstić information content (AvgIpc) is 2.79. The maximum atomic E-state index is 9.10. The molecular weight excluding hydrogens is 262 g/mol. The molecule has 2 aromatic rings. The predicted molar refractivity (Wildman–Crippen MR) is 77.4 cm³/mol. The van der Waals surface area contributed by atoms with Crippen LogP contribution in [0.25, 0.3) is 5.65 Å². The molecule has 19 heavy (non-hydrogen) atoms. The van der Waals surface area contributed by atoms with Crippen LogP contribution in [0.4, 0.5) is 0 Å². The zero-order valence-corrected chi connectivity index (χ0v) is 12.1. The van der Waals surface area contributed by atoms with Gasteiger partial charge in [0.1, 0.15) is 5.65 Å². The van der Waals surface area contributed by atoms with Gasteiger partial charge in [0.15, 0.2) is 0 Å². The van der Waals surface area contributed by atoms with Crippen LogP contribution in [0.2, 0.25) is 5.02 Å². The van der Waals surface area contributed by atoms with Crippen molar-refractivity contribution in [3.05, 3.63) is 35.2 Å². The van der Waals surface area contributed by atoms with E-state index in [1.807, 2.05) is 28.9 Å². The topological polar surface area (TPSA) is 49.6 Å². The summed E-state index contributed by atoms with van der Waals surface area (Å²) < 4.78 is 1.93. The highest BCUT2D eigenvalue weighted by Crippen LogP contribution is 2.16. The molecule has 1 unspecified atom stereocenters. The minimum absolute atomic E-state index is 0.0534. The Balaban J connectivity index is 2.09. The first-order valence-electron chi connectivity index (χ1n) is 6.55. The van der Waals surface area contributed by atoms with Gasteiger partial charge < -0.3 is 14.8 Å². The summed E-state index contributed by atoms with van der Waals surface area (Å²) in [7, 11) is 0. The van der Waals surface area contributed by atoms with Gasteiger partial charge in [-0.25, -0.2) is 4.98 Å². The molecule has 0 aliphatic heterocycles. The van der Waals surface area contributed by atoms with E-state index in [9.17, 15) is 0 Å². The Labute approximate surface area is 118 Å². The number of nitrogens with zero attached hydrogens (tertiary/aromatic N) is 2. The van der Waals surface area contributed by atoms with Crippen molar-refractivity contribution in [1.29, 1.82) is 0 Å². The third-order valence-electron chi connectivity index (χ3n) is 3.61. The first-order chi connectivity index (χ1) is 9.06. The van der Waals surface area contributed by atoms with Crippen LogP contribution in [0.1, 0.15) is 32.4 Å². The van der Waals surface area contributed by atoms with Crippen molar-refractivity contribution in [3.8, 4) is 0 Å². The van der Waals surface area contributed by atoms with E-state index in [1.54, 1.807) is 0 Å². The fourth-order valence-electron chi connectivity index (χ4n) is 2.04. The number of aliphatic hydroxyl groups excluding tert-OH is 1. The van der Waals surface area contributed by atoms with Gasteiger partial charge in [-0.05, 0) is 31.9 Å². The number of pyridine rings is 1. The number of rotatable bonds is 6. The molecule has 0 spiro atoms. The van der Waals surface area contributed by atoms with Crippen molar-refractivity contribution in [3.63, 3.8) is 0 Å². The lowest BCUT2D eigenvalue weighted by atomic mass is 9.95. The number of hydrogen-bond donors (Lipinski definition) is 2. The summed E-state index contributed by atoms with van der Waals surface area (Å²) in [6.45, 7) is 5.11. The summed E-state index contributed by atoms with van der Waals surface area (Å²) in [5, 5.41) is 13.3. The number of aromatic nitrogens is 2. The van der Waals surface area contributed by atoms with Crippen LogP contribution in [0.5, 0.6) is 0 Å². The maximum absolute atomic E-state index is 9.10. The van der Waals surface area contributed by atoms with Gasteiger partial charge in [-0.3, -0.25) is 0 Å². The minimum atomic E-state index is -0.0534. The van der Waals surface area contributed by atoms with Gasteiger partial charge in [-0.1, -0.05) is 18.5 Å². The van der Waals surface area contributed by atoms with Gasteiger partial charge >= 0.3 is 0 Å². The monoisotopic (exact) mass is 281 g/mol. The lowest BCUT2D eigenvalue weighted by Crippen LogP contribution is -2.42. The molecule has 2 aromatic heterocycles. The van der Waals surface area contributed by atoms with Crippen LogP contribution in [-0.2, 0) is 6.54 Å². The first kappa shape index (κ1) is 14.3. The number of halogens is 1. The van der Waals surface area contributed by atoms with E-state index in [4.69, 9.17) is 16.7 Å². The second-order valence-corrected chi connectivity index (χ2v) is 5.52. The molecule has 0 amide bonds. The number of aliphatic hydroxyl groups is 1. The third-order valence-corrected chi connectivity index (χ3v) is 3.83. The summed E-state index contributed by atoms with van der Waals surface area (Å²) in [6, 6.07) is 3.74. The quantitative estimate of drug-likeness (QED) is 0.856. The molecule has 2 heterocycles. The lowest BCUT2D eigenvalue weighted by Gasteiger charge is -2.28. The van der Waals surface area contributed by atoms with E-state index in [0.29, 0.717) is 11.6 Å². The summed E-state index contributed by atoms with van der Waals surface area (Å²) in [5.74, 6) is 0. The molecule has 0 fully saturated rings. The Morgan fingerprint density at radius 3 is 2.89 bits per heavy atom. The van der Waals surface area contributed by atoms with Gasteiger partial charge in [-0.15, -0.1) is 0 Å². The largest absolute Gasteiger partial charge is 0.396 e. The molecule has 1 atom stereocenters. The van der Waals surface area contributed by atoms with Gasteiger partial charge in [-0.2, -0.15) is 0 Å².